The Morgan fingerprint density at radius 1 is 1.47 bits per heavy atom. The molecule has 5 heteroatoms. The molecule has 1 N–H and O–H groups in total. The molecule has 1 rings (SSSR count). The Morgan fingerprint density at radius 2 is 2.18 bits per heavy atom. The molecular formula is C12H18N2O3. The maximum Gasteiger partial charge on any atom is 0.270 e. The molecule has 0 atom stereocenters. The summed E-state index contributed by atoms with van der Waals surface area (Å²) in [6.45, 7) is 4.86. The molecule has 0 aliphatic carbocycles. The van der Waals surface area contributed by atoms with E-state index in [2.05, 4.69) is 4.98 Å². The zero-order valence-electron chi connectivity index (χ0n) is 10.4. The van der Waals surface area contributed by atoms with Crippen LogP contribution in [0.5, 0.6) is 0 Å². The predicted octanol–water partition coefficient (Wildman–Crippen LogP) is 0.872. The molecule has 1 amide bonds. The number of carbonyl (C=O) groups is 1. The number of rotatable bonds is 5. The first kappa shape index (κ1) is 13.4. The summed E-state index contributed by atoms with van der Waals surface area (Å²) >= 11 is 0. The second kappa shape index (κ2) is 6.20. The largest absolute Gasteiger partial charge is 0.377 e. The lowest BCUT2D eigenvalue weighted by Gasteiger charge is -2.17. The Kier molecular flexibility index (Phi) is 4.90. The third-order valence-corrected chi connectivity index (χ3v) is 2.22. The molecule has 5 nitrogen and oxygen atoms in total. The highest BCUT2D eigenvalue weighted by Crippen LogP contribution is 1.98. The van der Waals surface area contributed by atoms with Crippen LogP contribution in [0.15, 0.2) is 23.0 Å². The Balaban J connectivity index is 2.55. The van der Waals surface area contributed by atoms with Gasteiger partial charge in [-0.1, -0.05) is 6.07 Å². The van der Waals surface area contributed by atoms with E-state index in [-0.39, 0.29) is 17.6 Å². The monoisotopic (exact) mass is 238 g/mol. The number of nitrogens with one attached hydrogen (secondary N) is 1. The van der Waals surface area contributed by atoms with Crippen molar-refractivity contribution in [2.45, 2.75) is 20.0 Å². The molecule has 1 aromatic heterocycles. The molecule has 0 radical (unpaired) electrons. The van der Waals surface area contributed by atoms with Crippen LogP contribution in [0.4, 0.5) is 0 Å². The van der Waals surface area contributed by atoms with Gasteiger partial charge in [0.05, 0.1) is 12.7 Å². The second-order valence-corrected chi connectivity index (χ2v) is 4.07. The normalized spacial score (nSPS) is 10.6. The quantitative estimate of drug-likeness (QED) is 0.828. The molecule has 0 aromatic carbocycles. The summed E-state index contributed by atoms with van der Waals surface area (Å²) in [5, 5.41) is 0. The van der Waals surface area contributed by atoms with Crippen LogP contribution in [0.25, 0.3) is 0 Å². The van der Waals surface area contributed by atoms with Crippen molar-refractivity contribution in [2.75, 3.05) is 20.2 Å². The third kappa shape index (κ3) is 4.40. The number of nitrogens with zero attached hydrogens (tertiary/aromatic N) is 1. The molecule has 0 fully saturated rings. The fraction of sp³-hybridized carbons (Fsp3) is 0.500. The summed E-state index contributed by atoms with van der Waals surface area (Å²) in [6.07, 6.45) is 0.148. The molecule has 1 aromatic rings. The second-order valence-electron chi connectivity index (χ2n) is 4.07. The number of ether oxygens (including phenoxy) is 1. The van der Waals surface area contributed by atoms with E-state index in [0.29, 0.717) is 18.8 Å². The van der Waals surface area contributed by atoms with Gasteiger partial charge in [0.25, 0.3) is 5.91 Å². The van der Waals surface area contributed by atoms with E-state index in [0.717, 1.165) is 0 Å². The summed E-state index contributed by atoms with van der Waals surface area (Å²) in [4.78, 5) is 27.0. The van der Waals surface area contributed by atoms with Crippen molar-refractivity contribution in [2.24, 2.45) is 0 Å². The highest BCUT2D eigenvalue weighted by Gasteiger charge is 2.11. The van der Waals surface area contributed by atoms with Crippen molar-refractivity contribution in [1.82, 2.24) is 9.88 Å². The van der Waals surface area contributed by atoms with E-state index >= 15 is 0 Å². The Morgan fingerprint density at radius 3 is 2.76 bits per heavy atom. The van der Waals surface area contributed by atoms with Crippen molar-refractivity contribution < 1.29 is 9.53 Å². The van der Waals surface area contributed by atoms with Gasteiger partial charge in [0.2, 0.25) is 5.56 Å². The molecule has 0 aliphatic heterocycles. The first-order valence-corrected chi connectivity index (χ1v) is 5.57. The Bertz CT molecular complexity index is 426. The van der Waals surface area contributed by atoms with Crippen LogP contribution >= 0.6 is 0 Å². The molecule has 94 valence electrons. The fourth-order valence-corrected chi connectivity index (χ4v) is 1.31. The summed E-state index contributed by atoms with van der Waals surface area (Å²) in [7, 11) is 1.68. The third-order valence-electron chi connectivity index (χ3n) is 2.22. The van der Waals surface area contributed by atoms with Gasteiger partial charge in [-0.25, -0.2) is 0 Å². The number of H-pyrrole nitrogens is 1. The number of amides is 1. The highest BCUT2D eigenvalue weighted by molar-refractivity contribution is 5.91. The Hall–Kier alpha value is -1.62. The number of aromatic amines is 1. The maximum atomic E-state index is 11.9. The first-order chi connectivity index (χ1) is 8.00. The first-order valence-electron chi connectivity index (χ1n) is 5.57. The van der Waals surface area contributed by atoms with Crippen LogP contribution in [0, 0.1) is 0 Å². The van der Waals surface area contributed by atoms with Crippen LogP contribution in [0.3, 0.4) is 0 Å². The van der Waals surface area contributed by atoms with E-state index in [4.69, 9.17) is 4.74 Å². The molecule has 0 saturated heterocycles. The van der Waals surface area contributed by atoms with E-state index in [1.165, 1.54) is 11.0 Å². The predicted molar refractivity (Wildman–Crippen MR) is 65.1 cm³/mol. The van der Waals surface area contributed by atoms with Crippen molar-refractivity contribution in [3.63, 3.8) is 0 Å². The molecule has 0 bridgehead atoms. The summed E-state index contributed by atoms with van der Waals surface area (Å²) in [5.74, 6) is -0.213. The smallest absolute Gasteiger partial charge is 0.270 e. The van der Waals surface area contributed by atoms with Crippen LogP contribution in [-0.4, -0.2) is 42.1 Å². The number of hydrogen-bond acceptors (Lipinski definition) is 3. The minimum absolute atomic E-state index is 0.148. The summed E-state index contributed by atoms with van der Waals surface area (Å²) in [5.41, 5.74) is 0.0206. The molecular weight excluding hydrogens is 220 g/mol. The average Bonchev–Trinajstić information content (AvgIpc) is 2.27. The lowest BCUT2D eigenvalue weighted by molar-refractivity contribution is 0.0529. The maximum absolute atomic E-state index is 11.9. The molecule has 0 unspecified atom stereocenters. The molecule has 1 heterocycles. The zero-order valence-corrected chi connectivity index (χ0v) is 10.4. The number of aromatic nitrogens is 1. The van der Waals surface area contributed by atoms with Gasteiger partial charge in [-0.2, -0.15) is 0 Å². The topological polar surface area (TPSA) is 62.4 Å². The average molecular weight is 238 g/mol. The van der Waals surface area contributed by atoms with Crippen molar-refractivity contribution in [3.05, 3.63) is 34.2 Å². The highest BCUT2D eigenvalue weighted by atomic mass is 16.5. The lowest BCUT2D eigenvalue weighted by atomic mass is 10.3. The van der Waals surface area contributed by atoms with E-state index < -0.39 is 0 Å². The van der Waals surface area contributed by atoms with Gasteiger partial charge in [0, 0.05) is 19.7 Å². The molecule has 0 spiro atoms. The van der Waals surface area contributed by atoms with Crippen LogP contribution in [-0.2, 0) is 4.74 Å². The molecule has 0 saturated carbocycles. The van der Waals surface area contributed by atoms with Gasteiger partial charge in [-0.3, -0.25) is 9.59 Å². The minimum atomic E-state index is -0.275. The van der Waals surface area contributed by atoms with Gasteiger partial charge in [0.1, 0.15) is 5.69 Å². The van der Waals surface area contributed by atoms with E-state index in [9.17, 15) is 9.59 Å². The van der Waals surface area contributed by atoms with Gasteiger partial charge in [-0.15, -0.1) is 0 Å². The van der Waals surface area contributed by atoms with Gasteiger partial charge >= 0.3 is 0 Å². The van der Waals surface area contributed by atoms with Crippen molar-refractivity contribution in [3.8, 4) is 0 Å². The van der Waals surface area contributed by atoms with Crippen molar-refractivity contribution in [1.29, 1.82) is 0 Å². The van der Waals surface area contributed by atoms with Crippen LogP contribution in [0.1, 0.15) is 24.3 Å². The molecule has 17 heavy (non-hydrogen) atoms. The number of pyridine rings is 1. The Labute approximate surface area is 100 Å². The number of likely N-dealkylation sites (N-methyl/N-ethyl adjacent to an activating group) is 1. The van der Waals surface area contributed by atoms with E-state index in [1.807, 2.05) is 13.8 Å². The number of hydrogen-bond donors (Lipinski definition) is 1. The minimum Gasteiger partial charge on any atom is -0.377 e. The fourth-order valence-electron chi connectivity index (χ4n) is 1.31. The van der Waals surface area contributed by atoms with Gasteiger partial charge < -0.3 is 14.6 Å². The summed E-state index contributed by atoms with van der Waals surface area (Å²) < 4.78 is 5.36. The van der Waals surface area contributed by atoms with Crippen LogP contribution < -0.4 is 5.56 Å². The lowest BCUT2D eigenvalue weighted by Crippen LogP contribution is -2.32. The molecule has 0 aliphatic rings. The standard InChI is InChI=1S/C12H18N2O3/c1-9(2)17-8-7-14(3)12(16)10-5-4-6-11(15)13-10/h4-6,9H,7-8H2,1-3H3,(H,13,15). The van der Waals surface area contributed by atoms with Gasteiger partial charge in [-0.05, 0) is 19.9 Å². The van der Waals surface area contributed by atoms with E-state index in [1.54, 1.807) is 19.2 Å². The number of carbonyl (C=O) groups excluding carboxylic acids is 1. The van der Waals surface area contributed by atoms with Gasteiger partial charge in [0.15, 0.2) is 0 Å². The van der Waals surface area contributed by atoms with Crippen LogP contribution in [0.2, 0.25) is 0 Å². The SMILES string of the molecule is CC(C)OCCN(C)C(=O)c1cccc(=O)[nH]1. The van der Waals surface area contributed by atoms with Crippen molar-refractivity contribution >= 4 is 5.91 Å². The zero-order chi connectivity index (χ0) is 12.8. The summed E-state index contributed by atoms with van der Waals surface area (Å²) in [6, 6.07) is 4.52.